The van der Waals surface area contributed by atoms with Gasteiger partial charge >= 0.3 is 0 Å². The van der Waals surface area contributed by atoms with Crippen LogP contribution in [-0.2, 0) is 0 Å². The number of tetrazole rings is 1. The highest BCUT2D eigenvalue weighted by Crippen LogP contribution is 2.15. The van der Waals surface area contributed by atoms with E-state index >= 15 is 0 Å². The zero-order valence-corrected chi connectivity index (χ0v) is 12.0. The van der Waals surface area contributed by atoms with Gasteiger partial charge in [0.25, 0.3) is 0 Å². The molecule has 0 aliphatic carbocycles. The summed E-state index contributed by atoms with van der Waals surface area (Å²) in [6.07, 6.45) is 0. The molecule has 1 N–H and O–H groups in total. The monoisotopic (exact) mass is 317 g/mol. The number of nitrogens with one attached hydrogen (secondary N) is 1. The fraction of sp³-hybridized carbons (Fsp3) is 0.133. The molecule has 3 aromatic rings. The van der Waals surface area contributed by atoms with E-state index in [1.165, 1.54) is 6.07 Å². The van der Waals surface area contributed by atoms with Crippen molar-refractivity contribution >= 4 is 5.95 Å². The van der Waals surface area contributed by atoms with Crippen LogP contribution < -0.4 is 10.1 Å². The summed E-state index contributed by atoms with van der Waals surface area (Å²) in [5.74, 6) is -1.13. The summed E-state index contributed by atoms with van der Waals surface area (Å²) in [4.78, 5) is 0. The lowest BCUT2D eigenvalue weighted by Gasteiger charge is -2.09. The van der Waals surface area contributed by atoms with E-state index < -0.39 is 11.6 Å². The van der Waals surface area contributed by atoms with Crippen molar-refractivity contribution in [1.82, 2.24) is 20.2 Å². The van der Waals surface area contributed by atoms with Crippen molar-refractivity contribution in [3.05, 3.63) is 60.2 Å². The lowest BCUT2D eigenvalue weighted by atomic mass is 10.3. The Kier molecular flexibility index (Phi) is 4.41. The second kappa shape index (κ2) is 6.82. The lowest BCUT2D eigenvalue weighted by molar-refractivity contribution is 0.329. The third-order valence-electron chi connectivity index (χ3n) is 3.02. The second-order valence-electron chi connectivity index (χ2n) is 4.60. The van der Waals surface area contributed by atoms with E-state index in [1.54, 1.807) is 4.68 Å². The number of halogens is 2. The molecule has 0 atom stereocenters. The molecule has 0 fully saturated rings. The largest absolute Gasteiger partial charge is 0.492 e. The van der Waals surface area contributed by atoms with E-state index in [0.717, 1.165) is 17.8 Å². The first-order chi connectivity index (χ1) is 11.2. The van der Waals surface area contributed by atoms with Gasteiger partial charge < -0.3 is 10.1 Å². The maximum absolute atomic E-state index is 13.1. The Hall–Kier alpha value is -3.03. The van der Waals surface area contributed by atoms with Crippen LogP contribution in [-0.4, -0.2) is 33.4 Å². The van der Waals surface area contributed by atoms with Crippen LogP contribution >= 0.6 is 0 Å². The third-order valence-corrected chi connectivity index (χ3v) is 3.02. The normalized spacial score (nSPS) is 10.5. The molecule has 3 rings (SSSR count). The van der Waals surface area contributed by atoms with E-state index in [1.807, 2.05) is 30.3 Å². The van der Waals surface area contributed by atoms with Gasteiger partial charge in [0.2, 0.25) is 5.95 Å². The minimum Gasteiger partial charge on any atom is -0.492 e. The number of aromatic nitrogens is 4. The van der Waals surface area contributed by atoms with Gasteiger partial charge in [0, 0.05) is 6.07 Å². The maximum atomic E-state index is 13.1. The SMILES string of the molecule is Fc1ccc(OCCNc2nnnn2-c2ccccc2)cc1F. The predicted octanol–water partition coefficient (Wildman–Crippen LogP) is 2.43. The molecule has 6 nitrogen and oxygen atoms in total. The summed E-state index contributed by atoms with van der Waals surface area (Å²) in [7, 11) is 0. The average Bonchev–Trinajstić information content (AvgIpc) is 3.04. The van der Waals surface area contributed by atoms with E-state index in [9.17, 15) is 8.78 Å². The highest BCUT2D eigenvalue weighted by molar-refractivity contribution is 5.38. The van der Waals surface area contributed by atoms with Gasteiger partial charge in [-0.2, -0.15) is 4.68 Å². The fourth-order valence-corrected chi connectivity index (χ4v) is 1.94. The average molecular weight is 317 g/mol. The minimum atomic E-state index is -0.941. The summed E-state index contributed by atoms with van der Waals surface area (Å²) in [5, 5.41) is 14.4. The molecule has 2 aromatic carbocycles. The van der Waals surface area contributed by atoms with Gasteiger partial charge in [-0.1, -0.05) is 23.3 Å². The van der Waals surface area contributed by atoms with Gasteiger partial charge in [-0.15, -0.1) is 0 Å². The van der Waals surface area contributed by atoms with Crippen molar-refractivity contribution in [3.63, 3.8) is 0 Å². The van der Waals surface area contributed by atoms with Gasteiger partial charge in [-0.25, -0.2) is 8.78 Å². The zero-order valence-electron chi connectivity index (χ0n) is 12.0. The summed E-state index contributed by atoms with van der Waals surface area (Å²) in [6, 6.07) is 12.8. The molecule has 1 heterocycles. The van der Waals surface area contributed by atoms with E-state index in [0.29, 0.717) is 12.5 Å². The van der Waals surface area contributed by atoms with Gasteiger partial charge in [-0.05, 0) is 34.7 Å². The molecular formula is C15H13F2N5O. The lowest BCUT2D eigenvalue weighted by Crippen LogP contribution is -2.15. The number of rotatable bonds is 6. The number of para-hydroxylation sites is 1. The Labute approximate surface area is 130 Å². The fourth-order valence-electron chi connectivity index (χ4n) is 1.94. The Bertz CT molecular complexity index is 779. The van der Waals surface area contributed by atoms with Crippen molar-refractivity contribution < 1.29 is 13.5 Å². The predicted molar refractivity (Wildman–Crippen MR) is 79.5 cm³/mol. The van der Waals surface area contributed by atoms with Crippen molar-refractivity contribution in [2.24, 2.45) is 0 Å². The zero-order chi connectivity index (χ0) is 16.1. The molecule has 0 unspecified atom stereocenters. The molecule has 0 aliphatic rings. The molecule has 0 saturated carbocycles. The minimum absolute atomic E-state index is 0.243. The highest BCUT2D eigenvalue weighted by Gasteiger charge is 2.07. The van der Waals surface area contributed by atoms with E-state index in [4.69, 9.17) is 4.74 Å². The molecular weight excluding hydrogens is 304 g/mol. The smallest absolute Gasteiger partial charge is 0.247 e. The third kappa shape index (κ3) is 3.60. The standard InChI is InChI=1S/C15H13F2N5O/c16-13-7-6-12(10-14(13)17)23-9-8-18-15-19-20-21-22(15)11-4-2-1-3-5-11/h1-7,10H,8-9H2,(H,18,19,21). The number of nitrogens with zero attached hydrogens (tertiary/aromatic N) is 4. The van der Waals surface area contributed by atoms with Crippen LogP contribution in [0, 0.1) is 11.6 Å². The molecule has 1 aromatic heterocycles. The van der Waals surface area contributed by atoms with Gasteiger partial charge in [-0.3, -0.25) is 0 Å². The van der Waals surface area contributed by atoms with Crippen LogP contribution in [0.25, 0.3) is 5.69 Å². The van der Waals surface area contributed by atoms with Crippen LogP contribution in [0.2, 0.25) is 0 Å². The van der Waals surface area contributed by atoms with E-state index in [-0.39, 0.29) is 12.4 Å². The second-order valence-corrected chi connectivity index (χ2v) is 4.60. The summed E-state index contributed by atoms with van der Waals surface area (Å²) in [6.45, 7) is 0.638. The van der Waals surface area contributed by atoms with Crippen molar-refractivity contribution in [3.8, 4) is 11.4 Å². The first kappa shape index (κ1) is 14.9. The number of hydrogen-bond donors (Lipinski definition) is 1. The van der Waals surface area contributed by atoms with Crippen LogP contribution in [0.15, 0.2) is 48.5 Å². The van der Waals surface area contributed by atoms with Crippen molar-refractivity contribution in [1.29, 1.82) is 0 Å². The summed E-state index contributed by atoms with van der Waals surface area (Å²) < 4.78 is 32.8. The number of ether oxygens (including phenoxy) is 1. The van der Waals surface area contributed by atoms with E-state index in [2.05, 4.69) is 20.8 Å². The molecule has 0 amide bonds. The maximum Gasteiger partial charge on any atom is 0.247 e. The van der Waals surface area contributed by atoms with Crippen LogP contribution in [0.1, 0.15) is 0 Å². The van der Waals surface area contributed by atoms with Crippen LogP contribution in [0.5, 0.6) is 5.75 Å². The summed E-state index contributed by atoms with van der Waals surface area (Å²) >= 11 is 0. The molecule has 118 valence electrons. The van der Waals surface area contributed by atoms with Gasteiger partial charge in [0.1, 0.15) is 12.4 Å². The van der Waals surface area contributed by atoms with Gasteiger partial charge in [0.15, 0.2) is 11.6 Å². The molecule has 23 heavy (non-hydrogen) atoms. The summed E-state index contributed by atoms with van der Waals surface area (Å²) in [5.41, 5.74) is 0.821. The van der Waals surface area contributed by atoms with Crippen molar-refractivity contribution in [2.75, 3.05) is 18.5 Å². The quantitative estimate of drug-likeness (QED) is 0.707. The number of hydrogen-bond acceptors (Lipinski definition) is 5. The molecule has 8 heteroatoms. The van der Waals surface area contributed by atoms with Crippen LogP contribution in [0.4, 0.5) is 14.7 Å². The molecule has 0 aliphatic heterocycles. The molecule has 0 spiro atoms. The Balaban J connectivity index is 1.55. The first-order valence-corrected chi connectivity index (χ1v) is 6.89. The topological polar surface area (TPSA) is 64.9 Å². The Morgan fingerprint density at radius 1 is 1.04 bits per heavy atom. The molecule has 0 radical (unpaired) electrons. The first-order valence-electron chi connectivity index (χ1n) is 6.89. The van der Waals surface area contributed by atoms with Crippen molar-refractivity contribution in [2.45, 2.75) is 0 Å². The van der Waals surface area contributed by atoms with Crippen LogP contribution in [0.3, 0.4) is 0 Å². The number of anilines is 1. The Morgan fingerprint density at radius 3 is 2.65 bits per heavy atom. The number of benzene rings is 2. The molecule has 0 bridgehead atoms. The molecule has 0 saturated heterocycles. The highest BCUT2D eigenvalue weighted by atomic mass is 19.2. The van der Waals surface area contributed by atoms with Gasteiger partial charge in [0.05, 0.1) is 12.2 Å². The Morgan fingerprint density at radius 2 is 1.87 bits per heavy atom.